The van der Waals surface area contributed by atoms with Crippen molar-refractivity contribution in [3.8, 4) is 0 Å². The molecule has 8 heteroatoms. The standard InChI is InChI=1S/C15H18FN3O3S/c1-2-14-17-15(18-22-14)11-5-4-8-19(10-11)23(20,21)13-7-3-6-12(16)9-13/h3,6-7,9,11H,2,4-5,8,10H2,1H3/t11-/m1/s1. The Morgan fingerprint density at radius 3 is 2.96 bits per heavy atom. The van der Waals surface area contributed by atoms with Crippen molar-refractivity contribution in [3.05, 3.63) is 41.8 Å². The largest absolute Gasteiger partial charge is 0.339 e. The molecule has 6 nitrogen and oxygen atoms in total. The van der Waals surface area contributed by atoms with Crippen molar-refractivity contribution in [1.29, 1.82) is 0 Å². The molecule has 2 heterocycles. The van der Waals surface area contributed by atoms with Crippen LogP contribution in [0.5, 0.6) is 0 Å². The molecule has 1 fully saturated rings. The zero-order valence-electron chi connectivity index (χ0n) is 12.8. The molecule has 0 amide bonds. The van der Waals surface area contributed by atoms with Gasteiger partial charge in [0.05, 0.1) is 4.90 Å². The fourth-order valence-corrected chi connectivity index (χ4v) is 4.28. The molecule has 0 saturated carbocycles. The van der Waals surface area contributed by atoms with E-state index in [1.165, 1.54) is 22.5 Å². The molecule has 0 N–H and O–H groups in total. The van der Waals surface area contributed by atoms with Crippen molar-refractivity contribution in [2.24, 2.45) is 0 Å². The number of aromatic nitrogens is 2. The second-order valence-corrected chi connectivity index (χ2v) is 7.50. The highest BCUT2D eigenvalue weighted by Gasteiger charge is 2.33. The van der Waals surface area contributed by atoms with Crippen LogP contribution in [0.3, 0.4) is 0 Å². The molecule has 1 saturated heterocycles. The molecule has 1 aliphatic heterocycles. The lowest BCUT2D eigenvalue weighted by molar-refractivity contribution is 0.300. The van der Waals surface area contributed by atoms with Crippen LogP contribution in [0, 0.1) is 5.82 Å². The summed E-state index contributed by atoms with van der Waals surface area (Å²) in [5.74, 6) is 0.424. The van der Waals surface area contributed by atoms with Crippen LogP contribution in [0.15, 0.2) is 33.7 Å². The van der Waals surface area contributed by atoms with Crippen molar-refractivity contribution in [3.63, 3.8) is 0 Å². The average Bonchev–Trinajstić information content (AvgIpc) is 3.04. The monoisotopic (exact) mass is 339 g/mol. The SMILES string of the molecule is CCc1nc([C@@H]2CCCN(S(=O)(=O)c3cccc(F)c3)C2)no1. The van der Waals surface area contributed by atoms with Gasteiger partial charge >= 0.3 is 0 Å². The lowest BCUT2D eigenvalue weighted by Crippen LogP contribution is -2.39. The molecule has 124 valence electrons. The van der Waals surface area contributed by atoms with E-state index >= 15 is 0 Å². The van der Waals surface area contributed by atoms with E-state index in [0.29, 0.717) is 31.1 Å². The van der Waals surface area contributed by atoms with Crippen molar-refractivity contribution in [1.82, 2.24) is 14.4 Å². The van der Waals surface area contributed by atoms with Crippen molar-refractivity contribution in [2.75, 3.05) is 13.1 Å². The normalized spacial score (nSPS) is 19.8. The minimum absolute atomic E-state index is 0.0273. The molecule has 0 radical (unpaired) electrons. The number of benzene rings is 1. The molecule has 23 heavy (non-hydrogen) atoms. The molecular formula is C15H18FN3O3S. The first-order chi connectivity index (χ1) is 11.0. The van der Waals surface area contributed by atoms with E-state index < -0.39 is 15.8 Å². The van der Waals surface area contributed by atoms with E-state index in [1.807, 2.05) is 6.92 Å². The Bertz CT molecular complexity index is 791. The van der Waals surface area contributed by atoms with Gasteiger partial charge in [-0.25, -0.2) is 12.8 Å². The number of piperidine rings is 1. The molecule has 1 aromatic heterocycles. The summed E-state index contributed by atoms with van der Waals surface area (Å²) in [6, 6.07) is 5.08. The third-order valence-electron chi connectivity index (χ3n) is 3.97. The summed E-state index contributed by atoms with van der Waals surface area (Å²) in [4.78, 5) is 4.27. The quantitative estimate of drug-likeness (QED) is 0.854. The second-order valence-electron chi connectivity index (χ2n) is 5.56. The predicted molar refractivity (Wildman–Crippen MR) is 80.8 cm³/mol. The topological polar surface area (TPSA) is 76.3 Å². The Hall–Kier alpha value is -1.80. The summed E-state index contributed by atoms with van der Waals surface area (Å²) in [5.41, 5.74) is 0. The molecule has 3 rings (SSSR count). The highest BCUT2D eigenvalue weighted by atomic mass is 32.2. The number of hydrogen-bond donors (Lipinski definition) is 0. The van der Waals surface area contributed by atoms with Gasteiger partial charge in [0.25, 0.3) is 0 Å². The van der Waals surface area contributed by atoms with Gasteiger partial charge in [-0.1, -0.05) is 18.1 Å². The number of hydrogen-bond acceptors (Lipinski definition) is 5. The molecule has 0 bridgehead atoms. The van der Waals surface area contributed by atoms with E-state index in [4.69, 9.17) is 4.52 Å². The summed E-state index contributed by atoms with van der Waals surface area (Å²) in [6.45, 7) is 2.61. The lowest BCUT2D eigenvalue weighted by atomic mass is 9.99. The maximum Gasteiger partial charge on any atom is 0.243 e. The molecule has 1 atom stereocenters. The lowest BCUT2D eigenvalue weighted by Gasteiger charge is -2.30. The Morgan fingerprint density at radius 2 is 2.26 bits per heavy atom. The van der Waals surface area contributed by atoms with Crippen molar-refractivity contribution in [2.45, 2.75) is 37.0 Å². The fourth-order valence-electron chi connectivity index (χ4n) is 2.73. The van der Waals surface area contributed by atoms with E-state index in [1.54, 1.807) is 0 Å². The van der Waals surface area contributed by atoms with Gasteiger partial charge < -0.3 is 4.52 Å². The van der Waals surface area contributed by atoms with Crippen LogP contribution in [0.4, 0.5) is 4.39 Å². The first kappa shape index (κ1) is 16.1. The Labute approximate surface area is 134 Å². The Morgan fingerprint density at radius 1 is 1.43 bits per heavy atom. The zero-order valence-corrected chi connectivity index (χ0v) is 13.6. The predicted octanol–water partition coefficient (Wildman–Crippen LogP) is 2.34. The molecule has 1 aromatic carbocycles. The summed E-state index contributed by atoms with van der Waals surface area (Å²) < 4.78 is 45.2. The van der Waals surface area contributed by atoms with Gasteiger partial charge in [0.1, 0.15) is 5.82 Å². The molecule has 0 aliphatic carbocycles. The third-order valence-corrected chi connectivity index (χ3v) is 5.83. The molecule has 2 aromatic rings. The van der Waals surface area contributed by atoms with Crippen LogP contribution in [-0.4, -0.2) is 36.0 Å². The van der Waals surface area contributed by atoms with Gasteiger partial charge in [-0.2, -0.15) is 9.29 Å². The number of aryl methyl sites for hydroxylation is 1. The van der Waals surface area contributed by atoms with Crippen LogP contribution < -0.4 is 0 Å². The maximum atomic E-state index is 13.3. The molecule has 1 aliphatic rings. The van der Waals surface area contributed by atoms with Gasteiger partial charge in [0.15, 0.2) is 5.82 Å². The van der Waals surface area contributed by atoms with Crippen LogP contribution in [0.1, 0.15) is 37.4 Å². The fraction of sp³-hybridized carbons (Fsp3) is 0.467. The van der Waals surface area contributed by atoms with Gasteiger partial charge in [0.2, 0.25) is 15.9 Å². The smallest absolute Gasteiger partial charge is 0.243 e. The second kappa shape index (κ2) is 6.37. The Kier molecular flexibility index (Phi) is 4.45. The summed E-state index contributed by atoms with van der Waals surface area (Å²) >= 11 is 0. The number of nitrogens with zero attached hydrogens (tertiary/aromatic N) is 3. The van der Waals surface area contributed by atoms with Crippen LogP contribution in [0.25, 0.3) is 0 Å². The first-order valence-electron chi connectivity index (χ1n) is 7.59. The minimum Gasteiger partial charge on any atom is -0.339 e. The summed E-state index contributed by atoms with van der Waals surface area (Å²) in [6.07, 6.45) is 2.15. The van der Waals surface area contributed by atoms with E-state index in [2.05, 4.69) is 10.1 Å². The highest BCUT2D eigenvalue weighted by Crippen LogP contribution is 2.29. The molecular weight excluding hydrogens is 321 g/mol. The molecule has 0 spiro atoms. The van der Waals surface area contributed by atoms with Gasteiger partial charge in [-0.05, 0) is 31.0 Å². The molecule has 0 unspecified atom stereocenters. The number of sulfonamides is 1. The van der Waals surface area contributed by atoms with Crippen molar-refractivity contribution >= 4 is 10.0 Å². The summed E-state index contributed by atoms with van der Waals surface area (Å²) in [7, 11) is -3.72. The van der Waals surface area contributed by atoms with Crippen LogP contribution >= 0.6 is 0 Å². The minimum atomic E-state index is -3.72. The van der Waals surface area contributed by atoms with Gasteiger partial charge in [0, 0.05) is 25.4 Å². The van der Waals surface area contributed by atoms with Gasteiger partial charge in [-0.3, -0.25) is 0 Å². The number of halogens is 1. The van der Waals surface area contributed by atoms with Crippen LogP contribution in [-0.2, 0) is 16.4 Å². The zero-order chi connectivity index (χ0) is 16.4. The Balaban J connectivity index is 1.82. The van der Waals surface area contributed by atoms with Crippen molar-refractivity contribution < 1.29 is 17.3 Å². The van der Waals surface area contributed by atoms with Crippen LogP contribution in [0.2, 0.25) is 0 Å². The third kappa shape index (κ3) is 3.28. The highest BCUT2D eigenvalue weighted by molar-refractivity contribution is 7.89. The number of rotatable bonds is 4. The van der Waals surface area contributed by atoms with E-state index in [0.717, 1.165) is 12.5 Å². The van der Waals surface area contributed by atoms with E-state index in [9.17, 15) is 12.8 Å². The maximum absolute atomic E-state index is 13.3. The van der Waals surface area contributed by atoms with Gasteiger partial charge in [-0.15, -0.1) is 0 Å². The van der Waals surface area contributed by atoms with E-state index in [-0.39, 0.29) is 17.4 Å². The summed E-state index contributed by atoms with van der Waals surface area (Å²) in [5, 5.41) is 3.95. The first-order valence-corrected chi connectivity index (χ1v) is 9.03. The average molecular weight is 339 g/mol.